The number of carbonyl (C=O) groups is 2. The predicted molar refractivity (Wildman–Crippen MR) is 93.1 cm³/mol. The quantitative estimate of drug-likeness (QED) is 0.619. The van der Waals surface area contributed by atoms with Crippen molar-refractivity contribution in [3.63, 3.8) is 0 Å². The number of imidazole rings is 1. The Morgan fingerprint density at radius 3 is 2.81 bits per heavy atom. The third-order valence-corrected chi connectivity index (χ3v) is 5.03. The van der Waals surface area contributed by atoms with Crippen LogP contribution in [0.3, 0.4) is 0 Å². The van der Waals surface area contributed by atoms with Gasteiger partial charge in [0, 0.05) is 13.6 Å². The van der Waals surface area contributed by atoms with Gasteiger partial charge in [0.05, 0.1) is 6.26 Å². The first-order chi connectivity index (χ1) is 12.5. The summed E-state index contributed by atoms with van der Waals surface area (Å²) in [6.07, 6.45) is 3.18. The summed E-state index contributed by atoms with van der Waals surface area (Å²) in [7, 11) is 1.64. The first-order valence-corrected chi connectivity index (χ1v) is 8.37. The van der Waals surface area contributed by atoms with Gasteiger partial charge in [0.25, 0.3) is 5.91 Å². The lowest BCUT2D eigenvalue weighted by molar-refractivity contribution is -0.682. The molecule has 1 unspecified atom stereocenters. The van der Waals surface area contributed by atoms with Gasteiger partial charge < -0.3 is 4.42 Å². The molecule has 1 saturated heterocycles. The lowest BCUT2D eigenvalue weighted by atomic mass is 10.1. The number of amidine groups is 1. The minimum absolute atomic E-state index is 0.173. The number of carbonyl (C=O) groups excluding carboxylic acids is 2. The molecule has 26 heavy (non-hydrogen) atoms. The number of urea groups is 1. The third kappa shape index (κ3) is 2.08. The molecular formula is C18H20N5O3+. The number of hydrogen-bond donors (Lipinski definition) is 0. The molecular weight excluding hydrogens is 334 g/mol. The summed E-state index contributed by atoms with van der Waals surface area (Å²) in [5.41, 5.74) is 1.94. The molecule has 2 aliphatic heterocycles. The number of aliphatic imine (C=N–C) groups is 1. The van der Waals surface area contributed by atoms with Crippen LogP contribution in [0.5, 0.6) is 0 Å². The molecule has 4 rings (SSSR count). The summed E-state index contributed by atoms with van der Waals surface area (Å²) in [6.45, 7) is 8.27. The van der Waals surface area contributed by atoms with Gasteiger partial charge in [-0.3, -0.25) is 14.6 Å². The Kier molecular flexibility index (Phi) is 3.57. The van der Waals surface area contributed by atoms with E-state index in [2.05, 4.69) is 11.6 Å². The number of likely N-dealkylation sites (N-methyl/N-ethyl adjacent to an activating group) is 1. The third-order valence-electron chi connectivity index (χ3n) is 5.03. The highest BCUT2D eigenvalue weighted by Gasteiger charge is 2.53. The number of amides is 3. The molecule has 0 saturated carbocycles. The van der Waals surface area contributed by atoms with Crippen molar-refractivity contribution in [2.45, 2.75) is 26.4 Å². The Bertz CT molecular complexity index is 954. The van der Waals surface area contributed by atoms with Crippen LogP contribution in [-0.4, -0.2) is 45.7 Å². The number of rotatable bonds is 4. The smallest absolute Gasteiger partial charge is 0.402 e. The molecule has 134 valence electrons. The van der Waals surface area contributed by atoms with Crippen LogP contribution in [0.1, 0.15) is 23.2 Å². The van der Waals surface area contributed by atoms with Gasteiger partial charge in [-0.05, 0) is 26.0 Å². The second-order valence-corrected chi connectivity index (χ2v) is 6.46. The summed E-state index contributed by atoms with van der Waals surface area (Å²) in [5.74, 6) is 1.61. The van der Waals surface area contributed by atoms with Gasteiger partial charge in [-0.15, -0.1) is 6.58 Å². The normalized spacial score (nSPS) is 18.9. The summed E-state index contributed by atoms with van der Waals surface area (Å²) >= 11 is 0. The Morgan fingerprint density at radius 2 is 2.15 bits per heavy atom. The fraction of sp³-hybridized carbons (Fsp3) is 0.333. The minimum Gasteiger partial charge on any atom is -0.466 e. The van der Waals surface area contributed by atoms with Gasteiger partial charge in [0.1, 0.15) is 23.7 Å². The van der Waals surface area contributed by atoms with Gasteiger partial charge in [-0.25, -0.2) is 13.9 Å². The van der Waals surface area contributed by atoms with E-state index in [1.165, 1.54) is 9.80 Å². The van der Waals surface area contributed by atoms with Crippen LogP contribution in [0.4, 0.5) is 10.7 Å². The van der Waals surface area contributed by atoms with Crippen molar-refractivity contribution >= 4 is 23.7 Å². The van der Waals surface area contributed by atoms with Crippen LogP contribution in [0.25, 0.3) is 0 Å². The fourth-order valence-electron chi connectivity index (χ4n) is 3.55. The number of fused-ring (bicyclic) bond motifs is 3. The number of aromatic nitrogens is 2. The van der Waals surface area contributed by atoms with E-state index in [0.29, 0.717) is 18.3 Å². The average Bonchev–Trinajstić information content (AvgIpc) is 3.31. The van der Waals surface area contributed by atoms with Crippen molar-refractivity contribution in [2.75, 3.05) is 13.6 Å². The van der Waals surface area contributed by atoms with Crippen LogP contribution < -0.4 is 4.57 Å². The van der Waals surface area contributed by atoms with Crippen LogP contribution in [0.2, 0.25) is 0 Å². The fourth-order valence-corrected chi connectivity index (χ4v) is 3.55. The Hall–Kier alpha value is -3.16. The van der Waals surface area contributed by atoms with Crippen LogP contribution >= 0.6 is 0 Å². The zero-order valence-corrected chi connectivity index (χ0v) is 15.0. The highest BCUT2D eigenvalue weighted by atomic mass is 16.3. The largest absolute Gasteiger partial charge is 0.466 e. The lowest BCUT2D eigenvalue weighted by Crippen LogP contribution is -2.57. The van der Waals surface area contributed by atoms with E-state index >= 15 is 0 Å². The highest BCUT2D eigenvalue weighted by Crippen LogP contribution is 2.35. The first kappa shape index (κ1) is 16.3. The van der Waals surface area contributed by atoms with Crippen LogP contribution in [-0.2, 0) is 11.3 Å². The summed E-state index contributed by atoms with van der Waals surface area (Å²) < 4.78 is 9.36. The van der Waals surface area contributed by atoms with Crippen LogP contribution in [0, 0.1) is 13.8 Å². The lowest BCUT2D eigenvalue weighted by Gasteiger charge is -2.32. The molecule has 1 atom stereocenters. The molecule has 0 aromatic carbocycles. The van der Waals surface area contributed by atoms with Gasteiger partial charge in [-0.2, -0.15) is 0 Å². The number of nitrogens with zero attached hydrogens (tertiary/aromatic N) is 5. The maximum Gasteiger partial charge on any atom is 0.402 e. The molecule has 8 nitrogen and oxygen atoms in total. The SMILES string of the molecule is C=CCN1C(=O)C2C(=Nc3n2c(C)c(C)[n+]3Cc2ccco2)N(C)C1=O. The molecule has 0 radical (unpaired) electrons. The van der Waals surface area contributed by atoms with Gasteiger partial charge >= 0.3 is 12.0 Å². The zero-order chi connectivity index (χ0) is 18.6. The molecule has 2 aromatic rings. The van der Waals surface area contributed by atoms with E-state index in [1.807, 2.05) is 35.1 Å². The Balaban J connectivity index is 1.84. The molecule has 0 aliphatic carbocycles. The Labute approximate surface area is 150 Å². The van der Waals surface area contributed by atoms with Crippen molar-refractivity contribution in [1.29, 1.82) is 0 Å². The minimum atomic E-state index is -0.635. The second-order valence-electron chi connectivity index (χ2n) is 6.46. The van der Waals surface area contributed by atoms with Gasteiger partial charge in [0.15, 0.2) is 0 Å². The van der Waals surface area contributed by atoms with E-state index in [9.17, 15) is 9.59 Å². The topological polar surface area (TPSA) is 74.9 Å². The summed E-state index contributed by atoms with van der Waals surface area (Å²) in [5, 5.41) is 0. The predicted octanol–water partition coefficient (Wildman–Crippen LogP) is 1.70. The number of imide groups is 1. The molecule has 8 heteroatoms. The standard InChI is InChI=1S/C18H20N5O3/c1-5-8-21-16(24)14-15(20(4)18(21)25)19-17-22(10-13-7-6-9-26-13)11(2)12(3)23(14)17/h5-7,9,14H,1,8,10H2,2-4H3/q+1. The van der Waals surface area contributed by atoms with Gasteiger partial charge in [-0.1, -0.05) is 11.1 Å². The van der Waals surface area contributed by atoms with E-state index in [1.54, 1.807) is 19.4 Å². The van der Waals surface area contributed by atoms with E-state index in [4.69, 9.17) is 4.42 Å². The van der Waals surface area contributed by atoms with Gasteiger partial charge in [0.2, 0.25) is 11.9 Å². The molecule has 1 fully saturated rings. The molecule has 4 heterocycles. The highest BCUT2D eigenvalue weighted by molar-refractivity contribution is 6.20. The van der Waals surface area contributed by atoms with Crippen molar-refractivity contribution in [1.82, 2.24) is 14.4 Å². The average molecular weight is 354 g/mol. The maximum atomic E-state index is 13.0. The van der Waals surface area contributed by atoms with Crippen molar-refractivity contribution < 1.29 is 18.6 Å². The zero-order valence-electron chi connectivity index (χ0n) is 15.0. The summed E-state index contributed by atoms with van der Waals surface area (Å²) in [4.78, 5) is 32.8. The van der Waals surface area contributed by atoms with Crippen molar-refractivity contribution in [2.24, 2.45) is 4.99 Å². The first-order valence-electron chi connectivity index (χ1n) is 8.37. The van der Waals surface area contributed by atoms with E-state index in [0.717, 1.165) is 17.1 Å². The molecule has 0 bridgehead atoms. The summed E-state index contributed by atoms with van der Waals surface area (Å²) in [6, 6.07) is 2.71. The number of hydrogen-bond acceptors (Lipinski definition) is 4. The van der Waals surface area contributed by atoms with Crippen LogP contribution in [0.15, 0.2) is 40.5 Å². The van der Waals surface area contributed by atoms with Crippen molar-refractivity contribution in [3.05, 3.63) is 48.2 Å². The van der Waals surface area contributed by atoms with E-state index < -0.39 is 6.04 Å². The molecule has 0 spiro atoms. The Morgan fingerprint density at radius 1 is 1.38 bits per heavy atom. The van der Waals surface area contributed by atoms with E-state index in [-0.39, 0.29) is 18.5 Å². The van der Waals surface area contributed by atoms with Crippen molar-refractivity contribution in [3.8, 4) is 0 Å². The molecule has 2 aromatic heterocycles. The molecule has 3 amide bonds. The maximum absolute atomic E-state index is 13.0. The molecule has 0 N–H and O–H groups in total. The number of furan rings is 1. The second kappa shape index (κ2) is 5.69. The monoisotopic (exact) mass is 354 g/mol. The molecule has 2 aliphatic rings.